The van der Waals surface area contributed by atoms with Crippen molar-refractivity contribution in [2.45, 2.75) is 9.79 Å². The molecule has 3 aromatic rings. The van der Waals surface area contributed by atoms with E-state index < -0.39 is 26.0 Å². The smallest absolute Gasteiger partial charge is 0.267 e. The quantitative estimate of drug-likeness (QED) is 0.399. The normalized spacial score (nSPS) is 12.3. The summed E-state index contributed by atoms with van der Waals surface area (Å²) < 4.78 is 52.0. The summed E-state index contributed by atoms with van der Waals surface area (Å²) in [7, 11) is -4.81. The Hall–Kier alpha value is -3.41. The summed E-state index contributed by atoms with van der Waals surface area (Å²) >= 11 is 0. The number of nitrogens with zero attached hydrogens (tertiary/aromatic N) is 2. The average Bonchev–Trinajstić information content (AvgIpc) is 3.24. The number of hydrogen-bond donors (Lipinski definition) is 2. The molecular formula is C21H22N4O5S2. The fourth-order valence-corrected chi connectivity index (χ4v) is 4.82. The number of nitrogen functional groups attached to an aromatic ring is 1. The van der Waals surface area contributed by atoms with Gasteiger partial charge in [0.25, 0.3) is 10.0 Å². The molecule has 1 aromatic heterocycles. The number of sulfonamides is 1. The van der Waals surface area contributed by atoms with Gasteiger partial charge in [-0.1, -0.05) is 12.1 Å². The largest absolute Gasteiger partial charge is 0.397 e. The number of nitrogens with one attached hydrogen (secondary N) is 1. The summed E-state index contributed by atoms with van der Waals surface area (Å²) in [4.78, 5) is 12.0. The Morgan fingerprint density at radius 3 is 2.22 bits per heavy atom. The molecule has 0 saturated heterocycles. The van der Waals surface area contributed by atoms with Crippen molar-refractivity contribution >= 4 is 43.4 Å². The first-order valence-electron chi connectivity index (χ1n) is 9.31. The molecule has 0 aliphatic heterocycles. The van der Waals surface area contributed by atoms with Crippen LogP contribution in [0.15, 0.2) is 82.9 Å². The van der Waals surface area contributed by atoms with Gasteiger partial charge in [0.15, 0.2) is 0 Å². The minimum atomic E-state index is -3.94. The van der Waals surface area contributed by atoms with Crippen LogP contribution < -0.4 is 11.1 Å². The molecule has 0 spiro atoms. The van der Waals surface area contributed by atoms with Crippen LogP contribution in [0.1, 0.15) is 5.56 Å². The van der Waals surface area contributed by atoms with Crippen molar-refractivity contribution in [2.24, 2.45) is 0 Å². The number of hydrogen-bond acceptors (Lipinski definition) is 6. The van der Waals surface area contributed by atoms with Crippen LogP contribution in [0.3, 0.4) is 0 Å². The molecule has 0 saturated carbocycles. The standard InChI is InChI=1S/C21H22N4O5S2/c1-24(2)31(27,28)17-8-10-18(11-9-17)32(29,30)25-14-13-16(15-25)7-12-21(26)23-20-6-4-3-5-19(20)22/h3-15H,22H2,1-2H3,(H,23,26)/b12-7+. The molecule has 0 radical (unpaired) electrons. The van der Waals surface area contributed by atoms with E-state index in [9.17, 15) is 21.6 Å². The van der Waals surface area contributed by atoms with Crippen molar-refractivity contribution in [1.82, 2.24) is 8.28 Å². The van der Waals surface area contributed by atoms with E-state index >= 15 is 0 Å². The van der Waals surface area contributed by atoms with E-state index in [2.05, 4.69) is 5.32 Å². The van der Waals surface area contributed by atoms with E-state index in [-0.39, 0.29) is 9.79 Å². The zero-order chi connectivity index (χ0) is 23.5. The lowest BCUT2D eigenvalue weighted by Crippen LogP contribution is -2.22. The highest BCUT2D eigenvalue weighted by molar-refractivity contribution is 7.90. The predicted molar refractivity (Wildman–Crippen MR) is 123 cm³/mol. The van der Waals surface area contributed by atoms with E-state index in [1.807, 2.05) is 0 Å². The van der Waals surface area contributed by atoms with Gasteiger partial charge in [-0.15, -0.1) is 0 Å². The molecule has 9 nitrogen and oxygen atoms in total. The average molecular weight is 475 g/mol. The van der Waals surface area contributed by atoms with Crippen LogP contribution in [0, 0.1) is 0 Å². The van der Waals surface area contributed by atoms with E-state index in [0.717, 1.165) is 8.28 Å². The Bertz CT molecular complexity index is 1370. The first kappa shape index (κ1) is 23.3. The second kappa shape index (κ2) is 8.99. The van der Waals surface area contributed by atoms with Gasteiger partial charge in [-0.3, -0.25) is 4.79 Å². The molecule has 0 fully saturated rings. The van der Waals surface area contributed by atoms with Gasteiger partial charge in [0.05, 0.1) is 21.2 Å². The number of nitrogens with two attached hydrogens (primary N) is 1. The molecule has 3 rings (SSSR count). The van der Waals surface area contributed by atoms with Crippen LogP contribution in [-0.4, -0.2) is 45.1 Å². The van der Waals surface area contributed by atoms with E-state index in [1.54, 1.807) is 24.3 Å². The van der Waals surface area contributed by atoms with Crippen molar-refractivity contribution in [1.29, 1.82) is 0 Å². The van der Waals surface area contributed by atoms with E-state index in [4.69, 9.17) is 5.73 Å². The second-order valence-electron chi connectivity index (χ2n) is 6.95. The summed E-state index contributed by atoms with van der Waals surface area (Å²) in [6.07, 6.45) is 5.42. The van der Waals surface area contributed by atoms with Crippen molar-refractivity contribution < 1.29 is 21.6 Å². The molecule has 1 amide bonds. The summed E-state index contributed by atoms with van der Waals surface area (Å²) in [5.74, 6) is -0.420. The Morgan fingerprint density at radius 2 is 1.59 bits per heavy atom. The van der Waals surface area contributed by atoms with Gasteiger partial charge in [-0.25, -0.2) is 25.1 Å². The molecule has 2 aromatic carbocycles. The molecule has 168 valence electrons. The molecule has 0 unspecified atom stereocenters. The summed E-state index contributed by atoms with van der Waals surface area (Å²) in [5, 5.41) is 2.64. The van der Waals surface area contributed by atoms with Crippen LogP contribution >= 0.6 is 0 Å². The third-order valence-corrected chi connectivity index (χ3v) is 7.99. The zero-order valence-corrected chi connectivity index (χ0v) is 19.0. The lowest BCUT2D eigenvalue weighted by molar-refractivity contribution is -0.111. The van der Waals surface area contributed by atoms with Gasteiger partial charge in [-0.2, -0.15) is 0 Å². The van der Waals surface area contributed by atoms with Gasteiger partial charge < -0.3 is 11.1 Å². The van der Waals surface area contributed by atoms with Gasteiger partial charge in [0, 0.05) is 32.6 Å². The molecule has 1 heterocycles. The number of anilines is 2. The summed E-state index contributed by atoms with van der Waals surface area (Å²) in [5.41, 5.74) is 7.17. The Balaban J connectivity index is 1.76. The first-order chi connectivity index (χ1) is 15.0. The van der Waals surface area contributed by atoms with E-state index in [1.165, 1.54) is 69.0 Å². The Labute approximate surface area is 186 Å². The van der Waals surface area contributed by atoms with Crippen LogP contribution in [0.4, 0.5) is 11.4 Å². The van der Waals surface area contributed by atoms with Crippen LogP contribution in [0.2, 0.25) is 0 Å². The fourth-order valence-electron chi connectivity index (χ4n) is 2.71. The Kier molecular flexibility index (Phi) is 6.53. The SMILES string of the molecule is CN(C)S(=O)(=O)c1ccc(S(=O)(=O)n2ccc(/C=C/C(=O)Nc3ccccc3N)c2)cc1. The highest BCUT2D eigenvalue weighted by atomic mass is 32.2. The van der Waals surface area contributed by atoms with Crippen molar-refractivity contribution in [3.63, 3.8) is 0 Å². The van der Waals surface area contributed by atoms with Gasteiger partial charge in [-0.05, 0) is 54.1 Å². The van der Waals surface area contributed by atoms with Crippen molar-refractivity contribution in [3.05, 3.63) is 78.6 Å². The number of carbonyl (C=O) groups is 1. The lowest BCUT2D eigenvalue weighted by atomic mass is 10.2. The first-order valence-corrected chi connectivity index (χ1v) is 12.2. The molecule has 32 heavy (non-hydrogen) atoms. The van der Waals surface area contributed by atoms with Gasteiger partial charge >= 0.3 is 0 Å². The topological polar surface area (TPSA) is 132 Å². The maximum atomic E-state index is 12.8. The van der Waals surface area contributed by atoms with Crippen LogP contribution in [-0.2, 0) is 24.8 Å². The number of rotatable bonds is 7. The van der Waals surface area contributed by atoms with Gasteiger partial charge in [0.2, 0.25) is 15.9 Å². The van der Waals surface area contributed by atoms with Crippen molar-refractivity contribution in [3.8, 4) is 0 Å². The monoisotopic (exact) mass is 474 g/mol. The highest BCUT2D eigenvalue weighted by Crippen LogP contribution is 2.20. The molecule has 0 bridgehead atoms. The number of benzene rings is 2. The van der Waals surface area contributed by atoms with Crippen LogP contribution in [0.25, 0.3) is 6.08 Å². The molecule has 11 heteroatoms. The summed E-state index contributed by atoms with van der Waals surface area (Å²) in [6.45, 7) is 0. The van der Waals surface area contributed by atoms with Crippen LogP contribution in [0.5, 0.6) is 0 Å². The minimum absolute atomic E-state index is 0.0114. The molecule has 0 aliphatic rings. The third-order valence-electron chi connectivity index (χ3n) is 4.51. The number of amides is 1. The number of para-hydroxylation sites is 2. The highest BCUT2D eigenvalue weighted by Gasteiger charge is 2.20. The second-order valence-corrected chi connectivity index (χ2v) is 10.9. The minimum Gasteiger partial charge on any atom is -0.397 e. The summed E-state index contributed by atoms with van der Waals surface area (Å²) in [6, 6.07) is 13.3. The van der Waals surface area contributed by atoms with Gasteiger partial charge in [0.1, 0.15) is 0 Å². The van der Waals surface area contributed by atoms with Crippen molar-refractivity contribution in [2.75, 3.05) is 25.1 Å². The number of carbonyl (C=O) groups excluding carboxylic acids is 1. The fraction of sp³-hybridized carbons (Fsp3) is 0.0952. The Morgan fingerprint density at radius 1 is 0.969 bits per heavy atom. The van der Waals surface area contributed by atoms with E-state index in [0.29, 0.717) is 16.9 Å². The molecular weight excluding hydrogens is 452 g/mol. The lowest BCUT2D eigenvalue weighted by Gasteiger charge is -2.12. The molecule has 0 atom stereocenters. The number of aromatic nitrogens is 1. The maximum Gasteiger partial charge on any atom is 0.267 e. The molecule has 3 N–H and O–H groups in total. The maximum absolute atomic E-state index is 12.8. The third kappa shape index (κ3) is 4.90. The predicted octanol–water partition coefficient (Wildman–Crippen LogP) is 2.21. The zero-order valence-electron chi connectivity index (χ0n) is 17.3. The molecule has 0 aliphatic carbocycles.